The van der Waals surface area contributed by atoms with Crippen molar-refractivity contribution in [1.82, 2.24) is 10.2 Å². The van der Waals surface area contributed by atoms with Crippen molar-refractivity contribution in [3.63, 3.8) is 0 Å². The van der Waals surface area contributed by atoms with E-state index < -0.39 is 24.7 Å². The van der Waals surface area contributed by atoms with Crippen molar-refractivity contribution in [1.29, 1.82) is 0 Å². The standard InChI is InChI=1S/C16H23F3N2O2/c1-11(4-5-13-6-8-14(22)9-7-13)20-15(23)12(2)21(3)10-16(17,18)19/h6-9,11-12,22H,4-5,10H2,1-3H3,(H,20,23)/t11-,12+/m0/s1. The number of aryl methyl sites for hydroxylation is 1. The zero-order chi connectivity index (χ0) is 17.6. The number of phenols is 1. The number of phenolic OH excluding ortho intramolecular Hbond substituents is 1. The van der Waals surface area contributed by atoms with Crippen LogP contribution in [-0.4, -0.2) is 47.8 Å². The van der Waals surface area contributed by atoms with Crippen molar-refractivity contribution in [2.24, 2.45) is 0 Å². The van der Waals surface area contributed by atoms with E-state index in [2.05, 4.69) is 5.32 Å². The largest absolute Gasteiger partial charge is 0.508 e. The number of likely N-dealkylation sites (N-methyl/N-ethyl adjacent to an activating group) is 1. The molecule has 1 aromatic rings. The van der Waals surface area contributed by atoms with E-state index in [1.807, 2.05) is 6.92 Å². The van der Waals surface area contributed by atoms with E-state index in [1.54, 1.807) is 24.3 Å². The Morgan fingerprint density at radius 1 is 1.26 bits per heavy atom. The van der Waals surface area contributed by atoms with E-state index in [0.29, 0.717) is 12.8 Å². The number of nitrogens with one attached hydrogen (secondary N) is 1. The summed E-state index contributed by atoms with van der Waals surface area (Å²) in [6.07, 6.45) is -2.96. The van der Waals surface area contributed by atoms with Crippen LogP contribution in [0.4, 0.5) is 13.2 Å². The van der Waals surface area contributed by atoms with Crippen molar-refractivity contribution < 1.29 is 23.1 Å². The van der Waals surface area contributed by atoms with E-state index in [1.165, 1.54) is 14.0 Å². The van der Waals surface area contributed by atoms with Crippen LogP contribution in [0, 0.1) is 0 Å². The summed E-state index contributed by atoms with van der Waals surface area (Å²) in [6.45, 7) is 2.14. The van der Waals surface area contributed by atoms with Crippen LogP contribution in [0.2, 0.25) is 0 Å². The molecule has 130 valence electrons. The zero-order valence-corrected chi connectivity index (χ0v) is 13.5. The molecule has 1 aromatic carbocycles. The topological polar surface area (TPSA) is 52.6 Å². The molecule has 4 nitrogen and oxygen atoms in total. The number of rotatable bonds is 7. The lowest BCUT2D eigenvalue weighted by molar-refractivity contribution is -0.151. The van der Waals surface area contributed by atoms with E-state index in [-0.39, 0.29) is 11.8 Å². The Morgan fingerprint density at radius 3 is 2.35 bits per heavy atom. The second-order valence-electron chi connectivity index (χ2n) is 5.82. The Labute approximate surface area is 134 Å². The SMILES string of the molecule is C[C@H](C(=O)N[C@@H](C)CCc1ccc(O)cc1)N(C)CC(F)(F)F. The number of alkyl halides is 3. The Morgan fingerprint density at radius 2 is 1.83 bits per heavy atom. The van der Waals surface area contributed by atoms with Gasteiger partial charge in [-0.1, -0.05) is 12.1 Å². The fraction of sp³-hybridized carbons (Fsp3) is 0.562. The Kier molecular flexibility index (Phi) is 6.87. The molecule has 2 atom stereocenters. The minimum Gasteiger partial charge on any atom is -0.508 e. The lowest BCUT2D eigenvalue weighted by Gasteiger charge is -2.26. The molecule has 0 spiro atoms. The van der Waals surface area contributed by atoms with Gasteiger partial charge in [0.05, 0.1) is 12.6 Å². The Balaban J connectivity index is 2.41. The van der Waals surface area contributed by atoms with Crippen LogP contribution in [0.1, 0.15) is 25.8 Å². The number of hydrogen-bond acceptors (Lipinski definition) is 3. The summed E-state index contributed by atoms with van der Waals surface area (Å²) in [5, 5.41) is 11.9. The normalized spacial score (nSPS) is 14.6. The van der Waals surface area contributed by atoms with Crippen molar-refractivity contribution >= 4 is 5.91 Å². The van der Waals surface area contributed by atoms with Gasteiger partial charge in [0, 0.05) is 6.04 Å². The lowest BCUT2D eigenvalue weighted by Crippen LogP contribution is -2.48. The molecule has 0 aromatic heterocycles. The maximum absolute atomic E-state index is 12.3. The predicted molar refractivity (Wildman–Crippen MR) is 82.2 cm³/mol. The van der Waals surface area contributed by atoms with E-state index in [0.717, 1.165) is 10.5 Å². The maximum Gasteiger partial charge on any atom is 0.401 e. The molecule has 0 saturated heterocycles. The summed E-state index contributed by atoms with van der Waals surface area (Å²) in [5.41, 5.74) is 1.02. The van der Waals surface area contributed by atoms with Crippen LogP contribution in [0.15, 0.2) is 24.3 Å². The number of benzene rings is 1. The highest BCUT2D eigenvalue weighted by molar-refractivity contribution is 5.81. The van der Waals surface area contributed by atoms with Crippen LogP contribution in [0.5, 0.6) is 5.75 Å². The van der Waals surface area contributed by atoms with Crippen molar-refractivity contribution in [2.75, 3.05) is 13.6 Å². The first kappa shape index (κ1) is 19.3. The number of nitrogens with zero attached hydrogens (tertiary/aromatic N) is 1. The van der Waals surface area contributed by atoms with Crippen LogP contribution >= 0.6 is 0 Å². The number of halogens is 3. The predicted octanol–water partition coefficient (Wildman–Crippen LogP) is 2.71. The molecule has 0 unspecified atom stereocenters. The summed E-state index contributed by atoms with van der Waals surface area (Å²) < 4.78 is 37.0. The molecule has 0 saturated carbocycles. The maximum atomic E-state index is 12.3. The molecule has 0 aliphatic rings. The molecule has 2 N–H and O–H groups in total. The molecular formula is C16H23F3N2O2. The monoisotopic (exact) mass is 332 g/mol. The zero-order valence-electron chi connectivity index (χ0n) is 13.5. The quantitative estimate of drug-likeness (QED) is 0.807. The molecule has 0 aliphatic heterocycles. The second kappa shape index (κ2) is 8.19. The van der Waals surface area contributed by atoms with Gasteiger partial charge in [0.25, 0.3) is 0 Å². The number of aromatic hydroxyl groups is 1. The Hall–Kier alpha value is -1.76. The molecule has 0 bridgehead atoms. The van der Waals surface area contributed by atoms with Crippen molar-refractivity contribution in [3.05, 3.63) is 29.8 Å². The van der Waals surface area contributed by atoms with Gasteiger partial charge in [-0.25, -0.2) is 0 Å². The molecule has 1 rings (SSSR count). The third-order valence-corrected chi connectivity index (χ3v) is 3.66. The minimum atomic E-state index is -4.33. The van der Waals surface area contributed by atoms with Gasteiger partial charge < -0.3 is 10.4 Å². The van der Waals surface area contributed by atoms with Crippen molar-refractivity contribution in [3.8, 4) is 5.75 Å². The number of carbonyl (C=O) groups excluding carboxylic acids is 1. The average Bonchev–Trinajstić information content (AvgIpc) is 2.44. The lowest BCUT2D eigenvalue weighted by atomic mass is 10.1. The number of amides is 1. The molecular weight excluding hydrogens is 309 g/mol. The molecule has 7 heteroatoms. The average molecular weight is 332 g/mol. The molecule has 0 aliphatic carbocycles. The third-order valence-electron chi connectivity index (χ3n) is 3.66. The Bertz CT molecular complexity index is 503. The number of hydrogen-bond donors (Lipinski definition) is 2. The van der Waals surface area contributed by atoms with Crippen molar-refractivity contribution in [2.45, 2.75) is 44.9 Å². The van der Waals surface area contributed by atoms with E-state index in [9.17, 15) is 23.1 Å². The van der Waals surface area contributed by atoms with Gasteiger partial charge in [-0.3, -0.25) is 9.69 Å². The summed E-state index contributed by atoms with van der Waals surface area (Å²) in [6, 6.07) is 5.76. The van der Waals surface area contributed by atoms with Gasteiger partial charge in [-0.15, -0.1) is 0 Å². The smallest absolute Gasteiger partial charge is 0.401 e. The first-order valence-corrected chi connectivity index (χ1v) is 7.44. The second-order valence-corrected chi connectivity index (χ2v) is 5.82. The molecule has 0 heterocycles. The van der Waals surface area contributed by atoms with Gasteiger partial charge in [0.15, 0.2) is 0 Å². The molecule has 23 heavy (non-hydrogen) atoms. The highest BCUT2D eigenvalue weighted by atomic mass is 19.4. The van der Waals surface area contributed by atoms with E-state index in [4.69, 9.17) is 0 Å². The van der Waals surface area contributed by atoms with Gasteiger partial charge in [0.1, 0.15) is 5.75 Å². The summed E-state index contributed by atoms with van der Waals surface area (Å²) in [4.78, 5) is 13.0. The fourth-order valence-electron chi connectivity index (χ4n) is 2.10. The van der Waals surface area contributed by atoms with Gasteiger partial charge in [-0.2, -0.15) is 13.2 Å². The summed E-state index contributed by atoms with van der Waals surface area (Å²) >= 11 is 0. The van der Waals surface area contributed by atoms with Crippen LogP contribution in [0.3, 0.4) is 0 Å². The molecule has 0 radical (unpaired) electrons. The van der Waals surface area contributed by atoms with Gasteiger partial charge in [0.2, 0.25) is 5.91 Å². The van der Waals surface area contributed by atoms with Crippen LogP contribution in [-0.2, 0) is 11.2 Å². The van der Waals surface area contributed by atoms with Crippen LogP contribution in [0.25, 0.3) is 0 Å². The summed E-state index contributed by atoms with van der Waals surface area (Å²) in [5.74, 6) is -0.230. The van der Waals surface area contributed by atoms with E-state index >= 15 is 0 Å². The first-order chi connectivity index (χ1) is 10.6. The fourth-order valence-corrected chi connectivity index (χ4v) is 2.10. The minimum absolute atomic E-state index is 0.155. The molecule has 1 amide bonds. The third kappa shape index (κ3) is 7.36. The highest BCUT2D eigenvalue weighted by Crippen LogP contribution is 2.17. The number of carbonyl (C=O) groups is 1. The van der Waals surface area contributed by atoms with Gasteiger partial charge >= 0.3 is 6.18 Å². The van der Waals surface area contributed by atoms with Gasteiger partial charge in [-0.05, 0) is 51.4 Å². The summed E-state index contributed by atoms with van der Waals surface area (Å²) in [7, 11) is 1.28. The molecule has 0 fully saturated rings. The highest BCUT2D eigenvalue weighted by Gasteiger charge is 2.32. The first-order valence-electron chi connectivity index (χ1n) is 7.44. The van der Waals surface area contributed by atoms with Crippen LogP contribution < -0.4 is 5.32 Å².